The van der Waals surface area contributed by atoms with Crippen LogP contribution in [0, 0.1) is 11.7 Å². The molecule has 106 valence electrons. The third-order valence-electron chi connectivity index (χ3n) is 3.51. The van der Waals surface area contributed by atoms with Gasteiger partial charge in [-0.2, -0.15) is 0 Å². The number of halogens is 2. The highest BCUT2D eigenvalue weighted by Gasteiger charge is 2.26. The van der Waals surface area contributed by atoms with Crippen molar-refractivity contribution in [3.05, 3.63) is 23.0 Å². The maximum atomic E-state index is 13.5. The molecule has 1 aliphatic rings. The Morgan fingerprint density at radius 2 is 2.26 bits per heavy atom. The first-order chi connectivity index (χ1) is 9.15. The van der Waals surface area contributed by atoms with Crippen LogP contribution in [0.5, 0.6) is 11.5 Å². The van der Waals surface area contributed by atoms with E-state index < -0.39 is 5.82 Å². The average molecular weight is 288 g/mol. The lowest BCUT2D eigenvalue weighted by atomic mass is 9.99. The van der Waals surface area contributed by atoms with E-state index in [-0.39, 0.29) is 11.1 Å². The fraction of sp³-hybridized carbons (Fsp3) is 0.571. The molecule has 0 unspecified atom stereocenters. The van der Waals surface area contributed by atoms with E-state index in [2.05, 4.69) is 12.2 Å². The summed E-state index contributed by atoms with van der Waals surface area (Å²) in [4.78, 5) is 0. The number of rotatable bonds is 5. The topological polar surface area (TPSA) is 30.5 Å². The second-order valence-corrected chi connectivity index (χ2v) is 5.14. The maximum Gasteiger partial charge on any atom is 0.164 e. The second kappa shape index (κ2) is 6.44. The molecule has 0 radical (unpaired) electrons. The van der Waals surface area contributed by atoms with Crippen molar-refractivity contribution >= 4 is 11.6 Å². The summed E-state index contributed by atoms with van der Waals surface area (Å²) < 4.78 is 24.7. The van der Waals surface area contributed by atoms with Gasteiger partial charge in [0, 0.05) is 24.6 Å². The van der Waals surface area contributed by atoms with Crippen molar-refractivity contribution in [1.82, 2.24) is 5.32 Å². The summed E-state index contributed by atoms with van der Waals surface area (Å²) in [5.41, 5.74) is 0. The Bertz CT molecular complexity index is 436. The van der Waals surface area contributed by atoms with Crippen molar-refractivity contribution in [1.29, 1.82) is 0 Å². The Morgan fingerprint density at radius 3 is 2.84 bits per heavy atom. The van der Waals surface area contributed by atoms with Gasteiger partial charge in [-0.25, -0.2) is 4.39 Å². The number of hydrogen-bond donors (Lipinski definition) is 1. The van der Waals surface area contributed by atoms with Crippen molar-refractivity contribution in [2.45, 2.75) is 25.9 Å². The molecule has 1 N–H and O–H groups in total. The molecule has 0 aromatic heterocycles. The highest BCUT2D eigenvalue weighted by molar-refractivity contribution is 6.30. The van der Waals surface area contributed by atoms with Crippen molar-refractivity contribution in [3.8, 4) is 11.5 Å². The van der Waals surface area contributed by atoms with E-state index in [0.29, 0.717) is 17.4 Å². The predicted octanol–water partition coefficient (Wildman–Crippen LogP) is 3.25. The molecule has 1 fully saturated rings. The Kier molecular flexibility index (Phi) is 4.88. The predicted molar refractivity (Wildman–Crippen MR) is 73.6 cm³/mol. The third-order valence-corrected chi connectivity index (χ3v) is 3.80. The fourth-order valence-electron chi connectivity index (χ4n) is 2.43. The largest absolute Gasteiger partial charge is 0.493 e. The van der Waals surface area contributed by atoms with Crippen LogP contribution >= 0.6 is 11.6 Å². The number of hydrogen-bond acceptors (Lipinski definition) is 3. The third kappa shape index (κ3) is 3.31. The lowest BCUT2D eigenvalue weighted by Crippen LogP contribution is -2.28. The van der Waals surface area contributed by atoms with Crippen molar-refractivity contribution < 1.29 is 13.9 Å². The van der Waals surface area contributed by atoms with Gasteiger partial charge in [0.1, 0.15) is 11.9 Å². The molecular formula is C14H19ClFNO2. The minimum Gasteiger partial charge on any atom is -0.493 e. The standard InChI is InChI=1S/C14H19ClFNO2/c1-3-12(9-4-5-17-8-9)19-14-7-11(16)10(15)6-13(14)18-2/h6-7,9,12,17H,3-5,8H2,1-2H3/t9-,12-/m0/s1. The number of nitrogens with one attached hydrogen (secondary N) is 1. The van der Waals surface area contributed by atoms with Gasteiger partial charge in [0.25, 0.3) is 0 Å². The number of ether oxygens (including phenoxy) is 2. The van der Waals surface area contributed by atoms with Gasteiger partial charge in [-0.3, -0.25) is 0 Å². The maximum absolute atomic E-state index is 13.5. The molecule has 1 aromatic rings. The van der Waals surface area contributed by atoms with Gasteiger partial charge in [-0.05, 0) is 19.4 Å². The molecule has 1 saturated heterocycles. The molecule has 0 aliphatic carbocycles. The first-order valence-corrected chi connectivity index (χ1v) is 6.94. The van der Waals surface area contributed by atoms with Crippen LogP contribution in [0.3, 0.4) is 0 Å². The monoisotopic (exact) mass is 287 g/mol. The molecule has 2 rings (SSSR count). The number of benzene rings is 1. The molecule has 0 saturated carbocycles. The molecule has 1 heterocycles. The molecule has 0 amide bonds. The van der Waals surface area contributed by atoms with Crippen molar-refractivity contribution in [3.63, 3.8) is 0 Å². The Hall–Kier alpha value is -1.00. The van der Waals surface area contributed by atoms with Gasteiger partial charge >= 0.3 is 0 Å². The Labute approximate surface area is 118 Å². The first kappa shape index (κ1) is 14.4. The molecule has 2 atom stereocenters. The van der Waals surface area contributed by atoms with Gasteiger partial charge in [-0.1, -0.05) is 18.5 Å². The molecule has 0 spiro atoms. The summed E-state index contributed by atoms with van der Waals surface area (Å²) in [6, 6.07) is 2.75. The van der Waals surface area contributed by atoms with Crippen LogP contribution in [0.4, 0.5) is 4.39 Å². The van der Waals surface area contributed by atoms with Gasteiger partial charge in [0.15, 0.2) is 11.5 Å². The Balaban J connectivity index is 2.18. The second-order valence-electron chi connectivity index (χ2n) is 4.73. The number of methoxy groups -OCH3 is 1. The highest BCUT2D eigenvalue weighted by atomic mass is 35.5. The minimum atomic E-state index is -0.489. The van der Waals surface area contributed by atoms with Gasteiger partial charge in [-0.15, -0.1) is 0 Å². The van der Waals surface area contributed by atoms with E-state index in [9.17, 15) is 4.39 Å². The normalized spacial score (nSPS) is 20.3. The van der Waals surface area contributed by atoms with E-state index in [1.165, 1.54) is 19.2 Å². The lowest BCUT2D eigenvalue weighted by molar-refractivity contribution is 0.133. The molecule has 3 nitrogen and oxygen atoms in total. The zero-order valence-corrected chi connectivity index (χ0v) is 12.0. The van der Waals surface area contributed by atoms with Crippen LogP contribution in [0.2, 0.25) is 5.02 Å². The molecule has 1 aromatic carbocycles. The summed E-state index contributed by atoms with van der Waals surface area (Å²) in [7, 11) is 1.52. The van der Waals surface area contributed by atoms with E-state index in [0.717, 1.165) is 25.9 Å². The molecule has 5 heteroatoms. The van der Waals surface area contributed by atoms with Crippen molar-refractivity contribution in [2.75, 3.05) is 20.2 Å². The summed E-state index contributed by atoms with van der Waals surface area (Å²) in [5, 5.41) is 3.36. The smallest absolute Gasteiger partial charge is 0.164 e. The average Bonchev–Trinajstić information content (AvgIpc) is 2.93. The minimum absolute atomic E-state index is 0.0415. The summed E-state index contributed by atoms with van der Waals surface area (Å²) in [6.45, 7) is 4.02. The first-order valence-electron chi connectivity index (χ1n) is 6.56. The fourth-order valence-corrected chi connectivity index (χ4v) is 2.59. The van der Waals surface area contributed by atoms with Crippen LogP contribution in [0.1, 0.15) is 19.8 Å². The highest BCUT2D eigenvalue weighted by Crippen LogP contribution is 2.34. The van der Waals surface area contributed by atoms with Crippen LogP contribution in [-0.4, -0.2) is 26.3 Å². The zero-order chi connectivity index (χ0) is 13.8. The summed E-state index contributed by atoms with van der Waals surface area (Å²) >= 11 is 5.74. The van der Waals surface area contributed by atoms with E-state index in [4.69, 9.17) is 21.1 Å². The summed E-state index contributed by atoms with van der Waals surface area (Å²) in [5.74, 6) is 0.851. The Morgan fingerprint density at radius 1 is 1.47 bits per heavy atom. The molecular weight excluding hydrogens is 269 g/mol. The van der Waals surface area contributed by atoms with Crippen LogP contribution in [-0.2, 0) is 0 Å². The van der Waals surface area contributed by atoms with Crippen LogP contribution in [0.15, 0.2) is 12.1 Å². The SMILES string of the molecule is CC[C@H](Oc1cc(F)c(Cl)cc1OC)[C@H]1CCNC1. The zero-order valence-electron chi connectivity index (χ0n) is 11.2. The molecule has 19 heavy (non-hydrogen) atoms. The van der Waals surface area contributed by atoms with Gasteiger partial charge in [0.2, 0.25) is 0 Å². The van der Waals surface area contributed by atoms with Crippen LogP contribution in [0.25, 0.3) is 0 Å². The van der Waals surface area contributed by atoms with Gasteiger partial charge in [0.05, 0.1) is 12.1 Å². The van der Waals surface area contributed by atoms with Crippen LogP contribution < -0.4 is 14.8 Å². The van der Waals surface area contributed by atoms with Crippen molar-refractivity contribution in [2.24, 2.45) is 5.92 Å². The summed E-state index contributed by atoms with van der Waals surface area (Å²) in [6.07, 6.45) is 2.01. The van der Waals surface area contributed by atoms with E-state index in [1.807, 2.05) is 0 Å². The lowest BCUT2D eigenvalue weighted by Gasteiger charge is -2.24. The molecule has 1 aliphatic heterocycles. The van der Waals surface area contributed by atoms with E-state index >= 15 is 0 Å². The molecule has 0 bridgehead atoms. The van der Waals surface area contributed by atoms with E-state index in [1.54, 1.807) is 0 Å². The van der Waals surface area contributed by atoms with Gasteiger partial charge < -0.3 is 14.8 Å². The quantitative estimate of drug-likeness (QED) is 0.902.